The molecule has 21 heavy (non-hydrogen) atoms. The molecule has 0 aliphatic heterocycles. The summed E-state index contributed by atoms with van der Waals surface area (Å²) in [6.45, 7) is 12.0. The van der Waals surface area contributed by atoms with Gasteiger partial charge in [-0.25, -0.2) is 4.98 Å². The van der Waals surface area contributed by atoms with E-state index in [2.05, 4.69) is 46.1 Å². The zero-order valence-corrected chi connectivity index (χ0v) is 13.9. The summed E-state index contributed by atoms with van der Waals surface area (Å²) in [6, 6.07) is 8.43. The summed E-state index contributed by atoms with van der Waals surface area (Å²) in [4.78, 5) is 11.9. The van der Waals surface area contributed by atoms with Crippen molar-refractivity contribution < 1.29 is 1.43 Å². The third-order valence-electron chi connectivity index (χ3n) is 2.85. The Bertz CT molecular complexity index is 690. The van der Waals surface area contributed by atoms with Crippen LogP contribution in [0.2, 0.25) is 0 Å². The first-order chi connectivity index (χ1) is 10.2. The Balaban J connectivity index is 0.000000819. The van der Waals surface area contributed by atoms with Crippen molar-refractivity contribution in [1.29, 1.82) is 0 Å². The van der Waals surface area contributed by atoms with Crippen LogP contribution in [0.4, 0.5) is 0 Å². The van der Waals surface area contributed by atoms with Gasteiger partial charge in [0.2, 0.25) is 0 Å². The number of nitrogens with one attached hydrogen (secondary N) is 1. The highest BCUT2D eigenvalue weighted by atomic mass is 14.9. The first-order valence-corrected chi connectivity index (χ1v) is 7.61. The maximum absolute atomic E-state index is 4.48. The highest BCUT2D eigenvalue weighted by Crippen LogP contribution is 2.21. The molecule has 0 radical (unpaired) electrons. The van der Waals surface area contributed by atoms with Gasteiger partial charge in [0.05, 0.1) is 17.4 Å². The molecule has 0 saturated heterocycles. The van der Waals surface area contributed by atoms with Crippen molar-refractivity contribution >= 4 is 10.9 Å². The van der Waals surface area contributed by atoms with E-state index in [0.717, 1.165) is 28.0 Å². The van der Waals surface area contributed by atoms with Crippen LogP contribution in [0.1, 0.15) is 40.5 Å². The molecule has 0 atom stereocenters. The Kier molecular flexibility index (Phi) is 6.60. The molecule has 3 rings (SSSR count). The third-order valence-corrected chi connectivity index (χ3v) is 2.85. The molecule has 0 aliphatic carbocycles. The lowest BCUT2D eigenvalue weighted by molar-refractivity contribution is 1.15. The predicted molar refractivity (Wildman–Crippen MR) is 93.6 cm³/mol. The summed E-state index contributed by atoms with van der Waals surface area (Å²) in [5.41, 5.74) is 4.35. The fraction of sp³-hybridized carbons (Fsp3) is 0.333. The summed E-state index contributed by atoms with van der Waals surface area (Å²) >= 11 is 0. The van der Waals surface area contributed by atoms with Gasteiger partial charge in [-0.1, -0.05) is 39.8 Å². The second kappa shape index (κ2) is 8.20. The number of benzene rings is 1. The predicted octanol–water partition coefficient (Wildman–Crippen LogP) is 5.54. The molecule has 0 amide bonds. The minimum atomic E-state index is 0. The third kappa shape index (κ3) is 4.15. The average Bonchev–Trinajstić information content (AvgIpc) is 2.97. The quantitative estimate of drug-likeness (QED) is 0.637. The molecular weight excluding hydrogens is 258 g/mol. The van der Waals surface area contributed by atoms with E-state index in [0.29, 0.717) is 0 Å². The molecule has 3 heteroatoms. The van der Waals surface area contributed by atoms with Crippen molar-refractivity contribution in [2.45, 2.75) is 41.5 Å². The van der Waals surface area contributed by atoms with Gasteiger partial charge >= 0.3 is 0 Å². The molecule has 1 N–H and O–H groups in total. The second-order valence-corrected chi connectivity index (χ2v) is 4.30. The number of hydrogen-bond donors (Lipinski definition) is 1. The lowest BCUT2D eigenvalue weighted by atomic mass is 10.1. The van der Waals surface area contributed by atoms with Crippen LogP contribution in [0.5, 0.6) is 0 Å². The molecule has 0 aliphatic rings. The van der Waals surface area contributed by atoms with Crippen LogP contribution >= 0.6 is 0 Å². The number of aryl methyl sites for hydroxylation is 2. The maximum Gasteiger partial charge on any atom is 0.103 e. The molecule has 0 fully saturated rings. The Hall–Kier alpha value is -2.16. The van der Waals surface area contributed by atoms with Crippen LogP contribution in [0, 0.1) is 13.8 Å². The molecule has 0 bridgehead atoms. The van der Waals surface area contributed by atoms with Crippen molar-refractivity contribution in [3.63, 3.8) is 0 Å². The van der Waals surface area contributed by atoms with E-state index in [1.165, 1.54) is 5.56 Å². The van der Waals surface area contributed by atoms with Crippen LogP contribution in [0.15, 0.2) is 36.7 Å². The van der Waals surface area contributed by atoms with Gasteiger partial charge in [-0.15, -0.1) is 0 Å². The number of hydrogen-bond acceptors (Lipinski definition) is 2. The number of pyridine rings is 1. The summed E-state index contributed by atoms with van der Waals surface area (Å²) < 4.78 is 0. The first kappa shape index (κ1) is 16.9. The maximum atomic E-state index is 4.48. The molecule has 3 aromatic rings. The van der Waals surface area contributed by atoms with Gasteiger partial charge in [0.15, 0.2) is 0 Å². The smallest absolute Gasteiger partial charge is 0.103 e. The zero-order valence-electron chi connectivity index (χ0n) is 13.9. The summed E-state index contributed by atoms with van der Waals surface area (Å²) in [7, 11) is 0. The van der Waals surface area contributed by atoms with Crippen LogP contribution in [0.3, 0.4) is 0 Å². The molecule has 0 spiro atoms. The summed E-state index contributed by atoms with van der Waals surface area (Å²) in [5.74, 6) is 0.920. The Labute approximate surface area is 129 Å². The first-order valence-electron chi connectivity index (χ1n) is 7.61. The lowest BCUT2D eigenvalue weighted by Crippen LogP contribution is -1.84. The van der Waals surface area contributed by atoms with Gasteiger partial charge in [0.25, 0.3) is 0 Å². The average molecular weight is 285 g/mol. The molecule has 2 heterocycles. The van der Waals surface area contributed by atoms with Crippen molar-refractivity contribution in [3.05, 3.63) is 48.0 Å². The number of imidazole rings is 1. The Morgan fingerprint density at radius 3 is 2.24 bits per heavy atom. The minimum absolute atomic E-state index is 0. The van der Waals surface area contributed by atoms with E-state index in [1.807, 2.05) is 47.0 Å². The van der Waals surface area contributed by atoms with Gasteiger partial charge < -0.3 is 4.98 Å². The molecule has 0 saturated carbocycles. The monoisotopic (exact) mass is 285 g/mol. The highest BCUT2D eigenvalue weighted by molar-refractivity contribution is 5.83. The molecular formula is C18H27N3. The number of rotatable bonds is 1. The van der Waals surface area contributed by atoms with E-state index in [1.54, 1.807) is 0 Å². The van der Waals surface area contributed by atoms with E-state index in [-0.39, 0.29) is 1.43 Å². The highest BCUT2D eigenvalue weighted by Gasteiger charge is 2.03. The molecule has 2 aromatic heterocycles. The van der Waals surface area contributed by atoms with E-state index in [9.17, 15) is 0 Å². The Morgan fingerprint density at radius 2 is 1.62 bits per heavy atom. The standard InChI is InChI=1S/C14H13N3.2C2H6.H2/c1-9-3-4-11-6-12(7-16-13(11)5-9)14-8-15-10(2)17-14;2*1-2;/h3-8H,1-2H3,(H,15,17);2*1-2H3;1H. The molecule has 114 valence electrons. The lowest BCUT2D eigenvalue weighted by Gasteiger charge is -2.02. The van der Waals surface area contributed by atoms with Crippen LogP contribution in [0.25, 0.3) is 22.2 Å². The van der Waals surface area contributed by atoms with Crippen molar-refractivity contribution in [2.75, 3.05) is 0 Å². The number of H-pyrrole nitrogens is 1. The van der Waals surface area contributed by atoms with Crippen molar-refractivity contribution in [2.24, 2.45) is 0 Å². The Morgan fingerprint density at radius 1 is 0.905 bits per heavy atom. The fourth-order valence-corrected chi connectivity index (χ4v) is 1.95. The molecule has 1 aromatic carbocycles. The van der Waals surface area contributed by atoms with E-state index in [4.69, 9.17) is 0 Å². The van der Waals surface area contributed by atoms with Gasteiger partial charge in [-0.05, 0) is 31.5 Å². The number of fused-ring (bicyclic) bond motifs is 1. The van der Waals surface area contributed by atoms with Gasteiger partial charge in [0, 0.05) is 18.6 Å². The molecule has 3 nitrogen and oxygen atoms in total. The van der Waals surface area contributed by atoms with Gasteiger partial charge in [-0.3, -0.25) is 4.98 Å². The minimum Gasteiger partial charge on any atom is -0.342 e. The largest absolute Gasteiger partial charge is 0.342 e. The zero-order chi connectivity index (χ0) is 15.8. The molecule has 0 unspecified atom stereocenters. The van der Waals surface area contributed by atoms with Crippen molar-refractivity contribution in [1.82, 2.24) is 15.0 Å². The van der Waals surface area contributed by atoms with Crippen LogP contribution in [-0.2, 0) is 0 Å². The van der Waals surface area contributed by atoms with Gasteiger partial charge in [0.1, 0.15) is 5.82 Å². The van der Waals surface area contributed by atoms with Crippen LogP contribution < -0.4 is 0 Å². The van der Waals surface area contributed by atoms with E-state index < -0.39 is 0 Å². The normalized spacial score (nSPS) is 9.43. The number of aromatic nitrogens is 3. The van der Waals surface area contributed by atoms with Gasteiger partial charge in [-0.2, -0.15) is 0 Å². The topological polar surface area (TPSA) is 41.6 Å². The summed E-state index contributed by atoms with van der Waals surface area (Å²) in [6.07, 6.45) is 3.72. The second-order valence-electron chi connectivity index (χ2n) is 4.30. The number of aromatic amines is 1. The SMILES string of the molecule is CC.CC.Cc1ccc2cc(-c3cnc(C)[nH]3)cnc2c1.[HH]. The number of nitrogens with zero attached hydrogens (tertiary/aromatic N) is 2. The van der Waals surface area contributed by atoms with Crippen molar-refractivity contribution in [3.8, 4) is 11.3 Å². The van der Waals surface area contributed by atoms with Crippen LogP contribution in [-0.4, -0.2) is 15.0 Å². The fourth-order valence-electron chi connectivity index (χ4n) is 1.95. The summed E-state index contributed by atoms with van der Waals surface area (Å²) in [5, 5.41) is 1.15. The van der Waals surface area contributed by atoms with E-state index >= 15 is 0 Å².